The maximum atomic E-state index is 11.8. The van der Waals surface area contributed by atoms with Crippen molar-refractivity contribution in [3.8, 4) is 11.5 Å². The molecule has 0 aromatic heterocycles. The predicted molar refractivity (Wildman–Crippen MR) is 60.8 cm³/mol. The van der Waals surface area contributed by atoms with Crippen LogP contribution < -0.4 is 9.47 Å². The number of ether oxygens (including phenoxy) is 2. The van der Waals surface area contributed by atoms with Gasteiger partial charge in [0.15, 0.2) is 23.4 Å². The second-order valence-electron chi connectivity index (χ2n) is 4.43. The van der Waals surface area contributed by atoms with Crippen LogP contribution in [0.5, 0.6) is 11.5 Å². The molecule has 1 heterocycles. The molecule has 1 atom stereocenters. The van der Waals surface area contributed by atoms with Crippen LogP contribution in [0.25, 0.3) is 0 Å². The number of ketones is 1. The fraction of sp³-hybridized carbons (Fsp3) is 0.462. The van der Waals surface area contributed by atoms with E-state index in [1.54, 1.807) is 0 Å². The Bertz CT molecular complexity index is 385. The smallest absolute Gasteiger partial charge is 0.190 e. The minimum atomic E-state index is -0.447. The Hall–Kier alpha value is -1.51. The van der Waals surface area contributed by atoms with Gasteiger partial charge in [-0.1, -0.05) is 26.0 Å². The molecule has 0 saturated heterocycles. The van der Waals surface area contributed by atoms with Crippen LogP contribution in [-0.2, 0) is 4.79 Å². The first-order chi connectivity index (χ1) is 7.66. The Labute approximate surface area is 95.4 Å². The van der Waals surface area contributed by atoms with Gasteiger partial charge in [-0.3, -0.25) is 4.79 Å². The lowest BCUT2D eigenvalue weighted by atomic mass is 10.0. The summed E-state index contributed by atoms with van der Waals surface area (Å²) >= 11 is 0. The van der Waals surface area contributed by atoms with Crippen LogP contribution in [0.4, 0.5) is 0 Å². The van der Waals surface area contributed by atoms with Gasteiger partial charge in [0.2, 0.25) is 0 Å². The lowest BCUT2D eigenvalue weighted by Gasteiger charge is -2.25. The molecule has 1 aliphatic heterocycles. The van der Waals surface area contributed by atoms with E-state index in [0.717, 1.165) is 5.75 Å². The van der Waals surface area contributed by atoms with E-state index in [9.17, 15) is 4.79 Å². The molecular weight excluding hydrogens is 204 g/mol. The second kappa shape index (κ2) is 4.56. The number of carbonyl (C=O) groups is 1. The molecule has 3 nitrogen and oxygen atoms in total. The minimum Gasteiger partial charge on any atom is -0.485 e. The molecule has 0 amide bonds. The highest BCUT2D eigenvalue weighted by molar-refractivity contribution is 5.84. The van der Waals surface area contributed by atoms with E-state index in [1.165, 1.54) is 0 Å². The number of para-hydroxylation sites is 2. The van der Waals surface area contributed by atoms with E-state index < -0.39 is 6.10 Å². The zero-order chi connectivity index (χ0) is 11.5. The summed E-state index contributed by atoms with van der Waals surface area (Å²) in [6, 6.07) is 7.43. The molecule has 1 unspecified atom stereocenters. The Kier molecular flexibility index (Phi) is 3.13. The van der Waals surface area contributed by atoms with Crippen molar-refractivity contribution < 1.29 is 14.3 Å². The first-order valence-electron chi connectivity index (χ1n) is 5.58. The van der Waals surface area contributed by atoms with E-state index in [4.69, 9.17) is 9.47 Å². The Morgan fingerprint density at radius 1 is 1.38 bits per heavy atom. The lowest BCUT2D eigenvalue weighted by molar-refractivity contribution is -0.128. The molecule has 0 N–H and O–H groups in total. The van der Waals surface area contributed by atoms with Crippen LogP contribution in [0.2, 0.25) is 0 Å². The Morgan fingerprint density at radius 3 is 2.75 bits per heavy atom. The zero-order valence-electron chi connectivity index (χ0n) is 9.60. The number of Topliss-reactive ketones (excluding diaryl/α,β-unsaturated/α-hetero) is 1. The molecule has 86 valence electrons. The molecular formula is C13H16O3. The van der Waals surface area contributed by atoms with Crippen LogP contribution in [0.3, 0.4) is 0 Å². The summed E-state index contributed by atoms with van der Waals surface area (Å²) in [5.74, 6) is 1.85. The van der Waals surface area contributed by atoms with Crippen LogP contribution in [-0.4, -0.2) is 18.5 Å². The molecule has 0 saturated carbocycles. The van der Waals surface area contributed by atoms with Crippen molar-refractivity contribution in [1.82, 2.24) is 0 Å². The number of hydrogen-bond acceptors (Lipinski definition) is 3. The predicted octanol–water partition coefficient (Wildman–Crippen LogP) is 2.44. The number of carbonyl (C=O) groups excluding carboxylic acids is 1. The van der Waals surface area contributed by atoms with Crippen LogP contribution >= 0.6 is 0 Å². The van der Waals surface area contributed by atoms with E-state index in [2.05, 4.69) is 0 Å². The third-order valence-corrected chi connectivity index (χ3v) is 2.48. The summed E-state index contributed by atoms with van der Waals surface area (Å²) in [7, 11) is 0. The molecule has 1 aliphatic rings. The molecule has 16 heavy (non-hydrogen) atoms. The van der Waals surface area contributed by atoms with E-state index in [0.29, 0.717) is 24.7 Å². The van der Waals surface area contributed by atoms with Gasteiger partial charge in [-0.25, -0.2) is 0 Å². The molecule has 2 rings (SSSR count). The molecule has 1 aromatic rings. The van der Waals surface area contributed by atoms with Crippen molar-refractivity contribution in [3.63, 3.8) is 0 Å². The summed E-state index contributed by atoms with van der Waals surface area (Å²) in [6.45, 7) is 4.37. The van der Waals surface area contributed by atoms with Crippen molar-refractivity contribution in [2.24, 2.45) is 5.92 Å². The molecule has 0 spiro atoms. The van der Waals surface area contributed by atoms with Gasteiger partial charge in [0.25, 0.3) is 0 Å². The maximum Gasteiger partial charge on any atom is 0.190 e. The summed E-state index contributed by atoms with van der Waals surface area (Å²) in [6.07, 6.45) is 0.0909. The fourth-order valence-electron chi connectivity index (χ4n) is 1.71. The van der Waals surface area contributed by atoms with E-state index in [1.807, 2.05) is 38.1 Å². The van der Waals surface area contributed by atoms with Gasteiger partial charge in [-0.2, -0.15) is 0 Å². The molecule has 0 aliphatic carbocycles. The van der Waals surface area contributed by atoms with Gasteiger partial charge in [0, 0.05) is 6.42 Å². The van der Waals surface area contributed by atoms with Crippen LogP contribution in [0.1, 0.15) is 20.3 Å². The lowest BCUT2D eigenvalue weighted by Crippen LogP contribution is -2.37. The molecule has 0 fully saturated rings. The summed E-state index contributed by atoms with van der Waals surface area (Å²) in [5, 5.41) is 0. The summed E-state index contributed by atoms with van der Waals surface area (Å²) in [5.41, 5.74) is 0. The first kappa shape index (κ1) is 11.0. The number of fused-ring (bicyclic) bond motifs is 1. The molecule has 0 bridgehead atoms. The van der Waals surface area contributed by atoms with Gasteiger partial charge >= 0.3 is 0 Å². The minimum absolute atomic E-state index is 0.115. The average molecular weight is 220 g/mol. The topological polar surface area (TPSA) is 35.5 Å². The second-order valence-corrected chi connectivity index (χ2v) is 4.43. The quantitative estimate of drug-likeness (QED) is 0.784. The van der Waals surface area contributed by atoms with E-state index in [-0.39, 0.29) is 5.78 Å². The average Bonchev–Trinajstić information content (AvgIpc) is 2.27. The molecule has 0 radical (unpaired) electrons. The maximum absolute atomic E-state index is 11.8. The van der Waals surface area contributed by atoms with E-state index >= 15 is 0 Å². The fourth-order valence-corrected chi connectivity index (χ4v) is 1.71. The van der Waals surface area contributed by atoms with Crippen molar-refractivity contribution >= 4 is 5.78 Å². The Morgan fingerprint density at radius 2 is 2.06 bits per heavy atom. The SMILES string of the molecule is CC(C)CC(=O)C1COc2ccccc2O1. The zero-order valence-corrected chi connectivity index (χ0v) is 9.60. The van der Waals surface area contributed by atoms with Crippen LogP contribution in [0.15, 0.2) is 24.3 Å². The van der Waals surface area contributed by atoms with Gasteiger partial charge in [0.05, 0.1) is 0 Å². The highest BCUT2D eigenvalue weighted by Crippen LogP contribution is 2.31. The molecule has 1 aromatic carbocycles. The Balaban J connectivity index is 2.05. The van der Waals surface area contributed by atoms with Crippen molar-refractivity contribution in [1.29, 1.82) is 0 Å². The van der Waals surface area contributed by atoms with Crippen LogP contribution in [0, 0.1) is 5.92 Å². The van der Waals surface area contributed by atoms with Crippen molar-refractivity contribution in [3.05, 3.63) is 24.3 Å². The highest BCUT2D eigenvalue weighted by Gasteiger charge is 2.27. The summed E-state index contributed by atoms with van der Waals surface area (Å²) in [4.78, 5) is 11.8. The van der Waals surface area contributed by atoms with Gasteiger partial charge < -0.3 is 9.47 Å². The van der Waals surface area contributed by atoms with Crippen molar-refractivity contribution in [2.45, 2.75) is 26.4 Å². The van der Waals surface area contributed by atoms with Gasteiger partial charge in [0.1, 0.15) is 6.61 Å². The number of rotatable bonds is 3. The largest absolute Gasteiger partial charge is 0.485 e. The number of hydrogen-bond donors (Lipinski definition) is 0. The highest BCUT2D eigenvalue weighted by atomic mass is 16.6. The van der Waals surface area contributed by atoms with Gasteiger partial charge in [-0.05, 0) is 18.1 Å². The third kappa shape index (κ3) is 2.35. The number of benzene rings is 1. The monoisotopic (exact) mass is 220 g/mol. The standard InChI is InChI=1S/C13H16O3/c1-9(2)7-10(14)13-8-15-11-5-3-4-6-12(11)16-13/h3-6,9,13H,7-8H2,1-2H3. The third-order valence-electron chi connectivity index (χ3n) is 2.48. The molecule has 3 heteroatoms. The summed E-state index contributed by atoms with van der Waals surface area (Å²) < 4.78 is 11.1. The van der Waals surface area contributed by atoms with Crippen molar-refractivity contribution in [2.75, 3.05) is 6.61 Å². The normalized spacial score (nSPS) is 18.6. The first-order valence-corrected chi connectivity index (χ1v) is 5.58. The van der Waals surface area contributed by atoms with Gasteiger partial charge in [-0.15, -0.1) is 0 Å².